The van der Waals surface area contributed by atoms with Gasteiger partial charge in [0, 0.05) is 27.1 Å². The lowest BCUT2D eigenvalue weighted by molar-refractivity contribution is 0.284. The summed E-state index contributed by atoms with van der Waals surface area (Å²) in [6, 6.07) is 9.67. The maximum absolute atomic E-state index is 13.5. The Bertz CT molecular complexity index is 1200. The van der Waals surface area contributed by atoms with E-state index in [9.17, 15) is 4.79 Å². The summed E-state index contributed by atoms with van der Waals surface area (Å²) in [7, 11) is 1.53. The highest BCUT2D eigenvalue weighted by Gasteiger charge is 2.23. The largest absolute Gasteiger partial charge is 0.490 e. The van der Waals surface area contributed by atoms with E-state index in [1.54, 1.807) is 17.4 Å². The number of hydrogen-bond donors (Lipinski definition) is 0. The molecule has 2 aromatic heterocycles. The van der Waals surface area contributed by atoms with Crippen LogP contribution in [0.5, 0.6) is 17.2 Å². The van der Waals surface area contributed by atoms with E-state index in [1.807, 2.05) is 43.5 Å². The van der Waals surface area contributed by atoms with Gasteiger partial charge in [0.2, 0.25) is 11.2 Å². The molecule has 4 rings (SSSR count). The molecular formula is C22H20O5S. The Labute approximate surface area is 166 Å². The maximum atomic E-state index is 13.5. The van der Waals surface area contributed by atoms with E-state index in [2.05, 4.69) is 0 Å². The minimum Gasteiger partial charge on any atom is -0.490 e. The fourth-order valence-electron chi connectivity index (χ4n) is 3.32. The number of thiophene rings is 1. The van der Waals surface area contributed by atoms with Crippen molar-refractivity contribution in [2.75, 3.05) is 20.3 Å². The second-order valence-corrected chi connectivity index (χ2v) is 7.01. The van der Waals surface area contributed by atoms with Gasteiger partial charge in [0.1, 0.15) is 17.2 Å². The normalized spacial score (nSPS) is 11.1. The molecule has 2 heterocycles. The Balaban J connectivity index is 2.04. The van der Waals surface area contributed by atoms with Crippen LogP contribution in [0.3, 0.4) is 0 Å². The van der Waals surface area contributed by atoms with Crippen molar-refractivity contribution in [1.29, 1.82) is 0 Å². The van der Waals surface area contributed by atoms with Gasteiger partial charge < -0.3 is 18.6 Å². The van der Waals surface area contributed by atoms with Gasteiger partial charge in [-0.3, -0.25) is 4.79 Å². The van der Waals surface area contributed by atoms with Crippen molar-refractivity contribution in [2.24, 2.45) is 0 Å². The predicted octanol–water partition coefficient (Wildman–Crippen LogP) is 5.48. The molecule has 0 N–H and O–H groups in total. The van der Waals surface area contributed by atoms with Crippen LogP contribution in [0.1, 0.15) is 13.8 Å². The third-order valence-electron chi connectivity index (χ3n) is 4.50. The molecule has 0 spiro atoms. The summed E-state index contributed by atoms with van der Waals surface area (Å²) in [6.45, 7) is 4.57. The molecule has 144 valence electrons. The van der Waals surface area contributed by atoms with Gasteiger partial charge in [-0.25, -0.2) is 0 Å². The highest BCUT2D eigenvalue weighted by Crippen LogP contribution is 2.43. The fraction of sp³-hybridized carbons (Fsp3) is 0.227. The van der Waals surface area contributed by atoms with Crippen LogP contribution in [0.2, 0.25) is 0 Å². The van der Waals surface area contributed by atoms with Gasteiger partial charge in [-0.2, -0.15) is 0 Å². The molecule has 4 aromatic rings. The molecule has 0 saturated carbocycles. The predicted molar refractivity (Wildman–Crippen MR) is 112 cm³/mol. The quantitative estimate of drug-likeness (QED) is 0.432. The molecule has 0 atom stereocenters. The SMILES string of the molecule is CCOc1cc2occ(-c3csc4ccccc34)c(=O)c2c(OCC)c1OC. The van der Waals surface area contributed by atoms with E-state index >= 15 is 0 Å². The molecule has 0 unspecified atom stereocenters. The van der Waals surface area contributed by atoms with Crippen molar-refractivity contribution in [3.63, 3.8) is 0 Å². The van der Waals surface area contributed by atoms with Crippen molar-refractivity contribution in [1.82, 2.24) is 0 Å². The zero-order chi connectivity index (χ0) is 19.7. The van der Waals surface area contributed by atoms with Gasteiger partial charge in [0.25, 0.3) is 0 Å². The number of benzene rings is 2. The van der Waals surface area contributed by atoms with E-state index < -0.39 is 0 Å². The molecule has 0 fully saturated rings. The topological polar surface area (TPSA) is 57.9 Å². The molecule has 0 saturated heterocycles. The summed E-state index contributed by atoms with van der Waals surface area (Å²) in [5.74, 6) is 1.23. The Hall–Kier alpha value is -2.99. The van der Waals surface area contributed by atoms with Crippen molar-refractivity contribution < 1.29 is 18.6 Å². The molecule has 0 radical (unpaired) electrons. The number of rotatable bonds is 6. The van der Waals surface area contributed by atoms with E-state index in [-0.39, 0.29) is 5.43 Å². The van der Waals surface area contributed by atoms with Crippen LogP contribution in [-0.2, 0) is 0 Å². The summed E-state index contributed by atoms with van der Waals surface area (Å²) in [5, 5.41) is 3.36. The molecule has 0 aliphatic rings. The zero-order valence-corrected chi connectivity index (χ0v) is 16.7. The van der Waals surface area contributed by atoms with Gasteiger partial charge in [-0.15, -0.1) is 11.3 Å². The average Bonchev–Trinajstić information content (AvgIpc) is 3.13. The second kappa shape index (κ2) is 7.56. The molecule has 0 aliphatic heterocycles. The van der Waals surface area contributed by atoms with Crippen LogP contribution in [0.4, 0.5) is 0 Å². The molecule has 0 aliphatic carbocycles. The first kappa shape index (κ1) is 18.4. The van der Waals surface area contributed by atoms with Gasteiger partial charge >= 0.3 is 0 Å². The summed E-state index contributed by atoms with van der Waals surface area (Å²) in [5.41, 5.74) is 1.60. The Kier molecular flexibility index (Phi) is 4.96. The summed E-state index contributed by atoms with van der Waals surface area (Å²) in [6.07, 6.45) is 1.51. The first-order valence-electron chi connectivity index (χ1n) is 9.08. The van der Waals surface area contributed by atoms with Crippen LogP contribution in [0.15, 0.2) is 51.2 Å². The van der Waals surface area contributed by atoms with Crippen molar-refractivity contribution in [2.45, 2.75) is 13.8 Å². The smallest absolute Gasteiger partial charge is 0.204 e. The van der Waals surface area contributed by atoms with Crippen LogP contribution < -0.4 is 19.6 Å². The Morgan fingerprint density at radius 1 is 1.04 bits per heavy atom. The number of methoxy groups -OCH3 is 1. The van der Waals surface area contributed by atoms with Crippen LogP contribution >= 0.6 is 11.3 Å². The average molecular weight is 396 g/mol. The molecule has 5 nitrogen and oxygen atoms in total. The molecule has 2 aromatic carbocycles. The highest BCUT2D eigenvalue weighted by molar-refractivity contribution is 7.17. The lowest BCUT2D eigenvalue weighted by atomic mass is 10.0. The fourth-order valence-corrected chi connectivity index (χ4v) is 4.28. The van der Waals surface area contributed by atoms with Crippen molar-refractivity contribution >= 4 is 32.4 Å². The number of fused-ring (bicyclic) bond motifs is 2. The Morgan fingerprint density at radius 3 is 2.57 bits per heavy atom. The van der Waals surface area contributed by atoms with Crippen LogP contribution in [-0.4, -0.2) is 20.3 Å². The standard InChI is InChI=1S/C22H20O5S/c1-4-25-17-10-16-19(22(26-5-2)21(17)24-3)20(23)14(11-27-16)15-12-28-18-9-7-6-8-13(15)18/h6-12H,4-5H2,1-3H3. The van der Waals surface area contributed by atoms with E-state index in [0.717, 1.165) is 15.6 Å². The van der Waals surface area contributed by atoms with Crippen molar-refractivity contribution in [3.8, 4) is 28.4 Å². The third-order valence-corrected chi connectivity index (χ3v) is 5.47. The summed E-state index contributed by atoms with van der Waals surface area (Å²) >= 11 is 1.60. The summed E-state index contributed by atoms with van der Waals surface area (Å²) < 4.78 is 24.0. The van der Waals surface area contributed by atoms with Crippen LogP contribution in [0.25, 0.3) is 32.2 Å². The van der Waals surface area contributed by atoms with E-state index in [1.165, 1.54) is 13.4 Å². The third kappa shape index (κ3) is 2.90. The monoisotopic (exact) mass is 396 g/mol. The van der Waals surface area contributed by atoms with Gasteiger partial charge in [0.05, 0.1) is 25.9 Å². The molecule has 28 heavy (non-hydrogen) atoms. The van der Waals surface area contributed by atoms with Gasteiger partial charge in [-0.1, -0.05) is 18.2 Å². The van der Waals surface area contributed by atoms with Gasteiger partial charge in [0.15, 0.2) is 11.5 Å². The first-order chi connectivity index (χ1) is 13.7. The lowest BCUT2D eigenvalue weighted by Crippen LogP contribution is -2.09. The Morgan fingerprint density at radius 2 is 1.82 bits per heavy atom. The molecule has 0 bridgehead atoms. The molecular weight excluding hydrogens is 376 g/mol. The minimum absolute atomic E-state index is 0.158. The van der Waals surface area contributed by atoms with E-state index in [4.69, 9.17) is 18.6 Å². The summed E-state index contributed by atoms with van der Waals surface area (Å²) in [4.78, 5) is 13.5. The second-order valence-electron chi connectivity index (χ2n) is 6.10. The van der Waals surface area contributed by atoms with E-state index in [0.29, 0.717) is 47.0 Å². The first-order valence-corrected chi connectivity index (χ1v) is 9.96. The van der Waals surface area contributed by atoms with Crippen molar-refractivity contribution in [3.05, 3.63) is 52.2 Å². The maximum Gasteiger partial charge on any atom is 0.204 e. The minimum atomic E-state index is -0.158. The highest BCUT2D eigenvalue weighted by atomic mass is 32.1. The lowest BCUT2D eigenvalue weighted by Gasteiger charge is -2.16. The van der Waals surface area contributed by atoms with Gasteiger partial charge in [-0.05, 0) is 19.9 Å². The number of ether oxygens (including phenoxy) is 3. The molecule has 6 heteroatoms. The molecule has 0 amide bonds. The number of hydrogen-bond acceptors (Lipinski definition) is 6. The van der Waals surface area contributed by atoms with Crippen LogP contribution in [0, 0.1) is 0 Å². The zero-order valence-electron chi connectivity index (χ0n) is 15.9.